The highest BCUT2D eigenvalue weighted by molar-refractivity contribution is 5.88. The molecule has 2 heterocycles. The van der Waals surface area contributed by atoms with Crippen molar-refractivity contribution in [2.75, 3.05) is 6.61 Å². The molecule has 13 heteroatoms. The molecular formula is C25H30O13. The first-order valence-corrected chi connectivity index (χ1v) is 11.9. The maximum absolute atomic E-state index is 12.5. The average Bonchev–Trinajstić information content (AvgIpc) is 3.11. The number of rotatable bonds is 7. The van der Waals surface area contributed by atoms with Crippen LogP contribution >= 0.6 is 0 Å². The van der Waals surface area contributed by atoms with Crippen LogP contribution in [-0.4, -0.2) is 103 Å². The maximum Gasteiger partial charge on any atom is 0.335 e. The lowest BCUT2D eigenvalue weighted by molar-refractivity contribution is -0.347. The lowest BCUT2D eigenvalue weighted by Gasteiger charge is -2.44. The van der Waals surface area contributed by atoms with E-state index < -0.39 is 79.1 Å². The summed E-state index contributed by atoms with van der Waals surface area (Å²) in [5, 5.41) is 70.9. The zero-order chi connectivity index (χ0) is 27.8. The van der Waals surface area contributed by atoms with Gasteiger partial charge in [0.05, 0.1) is 36.1 Å². The fourth-order valence-corrected chi connectivity index (χ4v) is 5.14. The summed E-state index contributed by atoms with van der Waals surface area (Å²) in [4.78, 5) is 24.2. The molecule has 1 aromatic rings. The Bertz CT molecular complexity index is 1080. The van der Waals surface area contributed by atoms with Crippen LogP contribution in [0.2, 0.25) is 0 Å². The third-order valence-electron chi connectivity index (χ3n) is 7.02. The van der Waals surface area contributed by atoms with Gasteiger partial charge < -0.3 is 54.7 Å². The van der Waals surface area contributed by atoms with Gasteiger partial charge in [-0.05, 0) is 30.7 Å². The Morgan fingerprint density at radius 3 is 2.45 bits per heavy atom. The molecule has 0 aromatic heterocycles. The second-order valence-corrected chi connectivity index (χ2v) is 9.73. The molecule has 0 spiro atoms. The van der Waals surface area contributed by atoms with Crippen molar-refractivity contribution in [2.24, 2.45) is 11.8 Å². The Labute approximate surface area is 216 Å². The van der Waals surface area contributed by atoms with Crippen molar-refractivity contribution >= 4 is 18.0 Å². The number of hydrogen-bond donors (Lipinski definition) is 7. The Kier molecular flexibility index (Phi) is 8.09. The van der Waals surface area contributed by atoms with Crippen LogP contribution in [0.3, 0.4) is 0 Å². The van der Waals surface area contributed by atoms with Crippen molar-refractivity contribution in [3.63, 3.8) is 0 Å². The Morgan fingerprint density at radius 2 is 1.82 bits per heavy atom. The minimum Gasteiger partial charge on any atom is -0.508 e. The van der Waals surface area contributed by atoms with Crippen LogP contribution < -0.4 is 0 Å². The number of phenolic OH excluding ortho intramolecular Hbond substituents is 1. The molecule has 1 saturated heterocycles. The van der Waals surface area contributed by atoms with E-state index in [2.05, 4.69) is 0 Å². The van der Waals surface area contributed by atoms with Crippen molar-refractivity contribution in [1.29, 1.82) is 0 Å². The molecule has 1 saturated carbocycles. The van der Waals surface area contributed by atoms with E-state index in [1.165, 1.54) is 37.3 Å². The number of phenols is 1. The summed E-state index contributed by atoms with van der Waals surface area (Å²) in [7, 11) is 0. The number of ether oxygens (including phenoxy) is 4. The number of carbonyl (C=O) groups is 2. The van der Waals surface area contributed by atoms with E-state index in [0.717, 1.165) is 12.3 Å². The Balaban J connectivity index is 1.57. The molecule has 2 fully saturated rings. The van der Waals surface area contributed by atoms with Gasteiger partial charge in [-0.2, -0.15) is 0 Å². The van der Waals surface area contributed by atoms with Crippen LogP contribution in [0.4, 0.5) is 0 Å². The summed E-state index contributed by atoms with van der Waals surface area (Å²) in [6, 6.07) is 5.90. The molecule has 10 atom stereocenters. The van der Waals surface area contributed by atoms with Crippen LogP contribution in [0, 0.1) is 11.8 Å². The van der Waals surface area contributed by atoms with E-state index in [4.69, 9.17) is 18.9 Å². The molecule has 1 aromatic carbocycles. The highest BCUT2D eigenvalue weighted by Gasteiger charge is 2.59. The van der Waals surface area contributed by atoms with E-state index in [0.29, 0.717) is 5.56 Å². The van der Waals surface area contributed by atoms with E-state index in [1.807, 2.05) is 0 Å². The van der Waals surface area contributed by atoms with Gasteiger partial charge in [-0.3, -0.25) is 0 Å². The number of benzene rings is 1. The maximum atomic E-state index is 12.5. The first-order valence-electron chi connectivity index (χ1n) is 11.9. The largest absolute Gasteiger partial charge is 0.508 e. The Hall–Kier alpha value is -3.04. The van der Waals surface area contributed by atoms with Gasteiger partial charge in [0.15, 0.2) is 6.10 Å². The number of aromatic hydroxyl groups is 1. The molecule has 3 aliphatic rings. The predicted octanol–water partition coefficient (Wildman–Crippen LogP) is -1.15. The monoisotopic (exact) mass is 538 g/mol. The summed E-state index contributed by atoms with van der Waals surface area (Å²) in [5.41, 5.74) is -1.35. The van der Waals surface area contributed by atoms with Crippen LogP contribution in [0.25, 0.3) is 6.08 Å². The summed E-state index contributed by atoms with van der Waals surface area (Å²) < 4.78 is 22.2. The van der Waals surface area contributed by atoms with Gasteiger partial charge in [-0.1, -0.05) is 12.1 Å². The van der Waals surface area contributed by atoms with Gasteiger partial charge in [0.1, 0.15) is 24.1 Å². The lowest BCUT2D eigenvalue weighted by atomic mass is 9.81. The number of esters is 1. The minimum atomic E-state index is -1.77. The number of fused-ring (bicyclic) bond motifs is 1. The molecule has 208 valence electrons. The number of carboxylic acid groups (broad SMARTS) is 1. The van der Waals surface area contributed by atoms with E-state index in [1.54, 1.807) is 0 Å². The van der Waals surface area contributed by atoms with Crippen molar-refractivity contribution in [3.05, 3.63) is 47.7 Å². The fourth-order valence-electron chi connectivity index (χ4n) is 5.14. The van der Waals surface area contributed by atoms with E-state index >= 15 is 0 Å². The number of aliphatic hydroxyl groups is 5. The normalized spacial score (nSPS) is 38.8. The van der Waals surface area contributed by atoms with Gasteiger partial charge >= 0.3 is 11.9 Å². The van der Waals surface area contributed by atoms with Crippen molar-refractivity contribution < 1.29 is 64.3 Å². The van der Waals surface area contributed by atoms with Gasteiger partial charge in [-0.25, -0.2) is 9.59 Å². The number of carbonyl (C=O) groups excluding carboxylic acids is 1. The number of aliphatic carboxylic acids is 1. The molecule has 13 nitrogen and oxygen atoms in total. The summed E-state index contributed by atoms with van der Waals surface area (Å²) in [5.74, 6) is -4.43. The van der Waals surface area contributed by atoms with Crippen LogP contribution in [0.1, 0.15) is 18.9 Å². The zero-order valence-corrected chi connectivity index (χ0v) is 20.2. The summed E-state index contributed by atoms with van der Waals surface area (Å²) in [6.07, 6.45) is -7.55. The summed E-state index contributed by atoms with van der Waals surface area (Å²) in [6.45, 7) is 0.657. The first kappa shape index (κ1) is 28.0. The highest BCUT2D eigenvalue weighted by atomic mass is 16.8. The third-order valence-corrected chi connectivity index (χ3v) is 7.02. The molecule has 0 amide bonds. The van der Waals surface area contributed by atoms with E-state index in [9.17, 15) is 45.3 Å². The van der Waals surface area contributed by atoms with Crippen molar-refractivity contribution in [3.8, 4) is 5.75 Å². The molecular weight excluding hydrogens is 508 g/mol. The van der Waals surface area contributed by atoms with Crippen LogP contribution in [0.15, 0.2) is 42.2 Å². The molecule has 1 aliphatic carbocycles. The van der Waals surface area contributed by atoms with E-state index in [-0.39, 0.29) is 17.7 Å². The summed E-state index contributed by atoms with van der Waals surface area (Å²) >= 11 is 0. The van der Waals surface area contributed by atoms with Gasteiger partial charge in [0, 0.05) is 18.4 Å². The third kappa shape index (κ3) is 5.54. The molecule has 7 N–H and O–H groups in total. The average molecular weight is 539 g/mol. The SMILES string of the molecule is C[C@]1(O)C[C@H](O)[C@H]2C(C(=O)O)=CO[C@@H](O[C@H]3O[C@@H](CO)[C@@H](O)[C@@H](O)[C@H]3OC(=O)/C=C/c3ccc(O)cc3)[C@@H]21. The fraction of sp³-hybridized carbons (Fsp3) is 0.520. The topological polar surface area (TPSA) is 213 Å². The Morgan fingerprint density at radius 1 is 1.13 bits per heavy atom. The zero-order valence-electron chi connectivity index (χ0n) is 20.2. The molecule has 0 radical (unpaired) electrons. The highest BCUT2D eigenvalue weighted by Crippen LogP contribution is 2.49. The van der Waals surface area contributed by atoms with Crippen LogP contribution in [-0.2, 0) is 28.5 Å². The smallest absolute Gasteiger partial charge is 0.335 e. The second-order valence-electron chi connectivity index (χ2n) is 9.73. The lowest BCUT2D eigenvalue weighted by Crippen LogP contribution is -2.62. The number of aliphatic hydroxyl groups excluding tert-OH is 4. The second kappa shape index (κ2) is 11.0. The predicted molar refractivity (Wildman–Crippen MR) is 125 cm³/mol. The molecule has 38 heavy (non-hydrogen) atoms. The quantitative estimate of drug-likeness (QED) is 0.161. The van der Waals surface area contributed by atoms with Gasteiger partial charge in [0.25, 0.3) is 0 Å². The molecule has 2 aliphatic heterocycles. The van der Waals surface area contributed by atoms with Crippen LogP contribution in [0.5, 0.6) is 5.75 Å². The first-order chi connectivity index (χ1) is 17.9. The van der Waals surface area contributed by atoms with Crippen molar-refractivity contribution in [2.45, 2.75) is 62.0 Å². The number of carboxylic acids is 1. The molecule has 4 rings (SSSR count). The van der Waals surface area contributed by atoms with Crippen molar-refractivity contribution in [1.82, 2.24) is 0 Å². The van der Waals surface area contributed by atoms with Gasteiger partial charge in [-0.15, -0.1) is 0 Å². The number of hydrogen-bond acceptors (Lipinski definition) is 12. The molecule has 0 bridgehead atoms. The van der Waals surface area contributed by atoms with Gasteiger partial charge in [0.2, 0.25) is 12.6 Å². The molecule has 0 unspecified atom stereocenters. The standard InChI is InChI=1S/C25H30O13/c1-25(34)8-14(28)17-13(22(32)33)10-35-23(18(17)25)38-24-21(20(31)19(30)15(9-26)36-24)37-16(29)7-4-11-2-5-12(27)6-3-11/h2-7,10,14-15,17-21,23-24,26-28,30-31,34H,8-9H2,1H3,(H,32,33)/b7-4+/t14-,15-,17+,18+,19+,20+,21+,23-,24+,25-/m0/s1. The minimum absolute atomic E-state index is 0.0332.